The summed E-state index contributed by atoms with van der Waals surface area (Å²) in [6, 6.07) is 0. The molecule has 2 saturated heterocycles. The Balaban J connectivity index is 2.71. The fourth-order valence-electron chi connectivity index (χ4n) is 5.46. The maximum atomic E-state index is 2.62. The SMILES string of the molecule is CN1CC(C)(C)[N+](C)(C)C12N(C)C(C)(C)C[N+]2(C)C. The summed E-state index contributed by atoms with van der Waals surface area (Å²) >= 11 is 0. The van der Waals surface area contributed by atoms with Crippen LogP contribution in [0.5, 0.6) is 0 Å². The van der Waals surface area contributed by atoms with Gasteiger partial charge in [-0.1, -0.05) is 0 Å². The van der Waals surface area contributed by atoms with Gasteiger partial charge in [-0.25, -0.2) is 8.97 Å². The van der Waals surface area contributed by atoms with E-state index < -0.39 is 0 Å². The van der Waals surface area contributed by atoms with Crippen LogP contribution in [0.15, 0.2) is 0 Å². The molecular formula is C15H34N4+2. The zero-order chi connectivity index (χ0) is 15.1. The van der Waals surface area contributed by atoms with Crippen LogP contribution in [0.25, 0.3) is 0 Å². The molecule has 0 aromatic rings. The van der Waals surface area contributed by atoms with E-state index in [1.165, 1.54) is 6.54 Å². The molecule has 2 aliphatic rings. The van der Waals surface area contributed by atoms with Gasteiger partial charge in [-0.05, 0) is 27.7 Å². The maximum absolute atomic E-state index is 2.62. The first kappa shape index (κ1) is 15.2. The van der Waals surface area contributed by atoms with Gasteiger partial charge in [-0.3, -0.25) is 0 Å². The third-order valence-electron chi connectivity index (χ3n) is 6.35. The van der Waals surface area contributed by atoms with Crippen molar-refractivity contribution in [2.75, 3.05) is 55.4 Å². The molecule has 0 bridgehead atoms. The van der Waals surface area contributed by atoms with E-state index in [9.17, 15) is 0 Å². The fourth-order valence-corrected chi connectivity index (χ4v) is 5.46. The Morgan fingerprint density at radius 3 is 1.63 bits per heavy atom. The van der Waals surface area contributed by atoms with Crippen molar-refractivity contribution in [1.82, 2.24) is 9.80 Å². The third kappa shape index (κ3) is 1.44. The van der Waals surface area contributed by atoms with Crippen LogP contribution in [-0.4, -0.2) is 91.1 Å². The zero-order valence-corrected chi connectivity index (χ0v) is 14.7. The molecule has 2 aliphatic heterocycles. The Morgan fingerprint density at radius 1 is 0.895 bits per heavy atom. The summed E-state index contributed by atoms with van der Waals surface area (Å²) in [5, 5.41) is 0. The first-order valence-corrected chi connectivity index (χ1v) is 7.36. The van der Waals surface area contributed by atoms with E-state index in [2.05, 4.69) is 79.8 Å². The van der Waals surface area contributed by atoms with Crippen molar-refractivity contribution in [3.63, 3.8) is 0 Å². The second-order valence-electron chi connectivity index (χ2n) is 8.94. The molecular weight excluding hydrogens is 236 g/mol. The molecule has 112 valence electrons. The highest BCUT2D eigenvalue weighted by molar-refractivity contribution is 4.97. The van der Waals surface area contributed by atoms with Crippen LogP contribution in [0.3, 0.4) is 0 Å². The average Bonchev–Trinajstić information content (AvgIpc) is 2.36. The summed E-state index contributed by atoms with van der Waals surface area (Å²) in [5.74, 6) is 0.00694. The minimum atomic E-state index is 0.00694. The van der Waals surface area contributed by atoms with Crippen LogP contribution >= 0.6 is 0 Å². The maximum Gasteiger partial charge on any atom is 0.356 e. The van der Waals surface area contributed by atoms with Gasteiger partial charge in [0, 0.05) is 14.1 Å². The molecule has 0 amide bonds. The Labute approximate surface area is 119 Å². The van der Waals surface area contributed by atoms with Crippen molar-refractivity contribution < 1.29 is 8.97 Å². The molecule has 19 heavy (non-hydrogen) atoms. The van der Waals surface area contributed by atoms with Crippen LogP contribution in [0.2, 0.25) is 0 Å². The molecule has 0 aromatic carbocycles. The second kappa shape index (κ2) is 3.53. The highest BCUT2D eigenvalue weighted by Crippen LogP contribution is 2.53. The molecule has 0 aromatic heterocycles. The van der Waals surface area contributed by atoms with E-state index in [1.807, 2.05) is 0 Å². The van der Waals surface area contributed by atoms with Crippen LogP contribution < -0.4 is 0 Å². The lowest BCUT2D eigenvalue weighted by molar-refractivity contribution is -1.16. The molecule has 1 unspecified atom stereocenters. The summed E-state index contributed by atoms with van der Waals surface area (Å²) < 4.78 is 2.02. The fraction of sp³-hybridized carbons (Fsp3) is 1.00. The molecule has 2 heterocycles. The van der Waals surface area contributed by atoms with E-state index in [0.29, 0.717) is 0 Å². The first-order valence-electron chi connectivity index (χ1n) is 7.36. The zero-order valence-electron chi connectivity index (χ0n) is 14.7. The lowest BCUT2D eigenvalue weighted by atomic mass is 10.0. The molecule has 1 atom stereocenters. The molecule has 0 aliphatic carbocycles. The largest absolute Gasteiger partial charge is 0.356 e. The summed E-state index contributed by atoms with van der Waals surface area (Å²) in [5.41, 5.74) is 0.465. The normalized spacial score (nSPS) is 40.1. The molecule has 1 spiro atoms. The number of hydrogen-bond acceptors (Lipinski definition) is 2. The smallest absolute Gasteiger partial charge is 0.246 e. The van der Waals surface area contributed by atoms with Gasteiger partial charge in [0.25, 0.3) is 0 Å². The highest BCUT2D eigenvalue weighted by Gasteiger charge is 2.79. The molecule has 4 nitrogen and oxygen atoms in total. The molecule has 0 radical (unpaired) electrons. The number of hydrogen-bond donors (Lipinski definition) is 0. The van der Waals surface area contributed by atoms with Gasteiger partial charge in [-0.15, -0.1) is 0 Å². The van der Waals surface area contributed by atoms with Crippen molar-refractivity contribution in [3.8, 4) is 0 Å². The summed E-state index contributed by atoms with van der Waals surface area (Å²) in [6.45, 7) is 11.9. The van der Waals surface area contributed by atoms with Crippen LogP contribution in [0, 0.1) is 0 Å². The summed E-state index contributed by atoms with van der Waals surface area (Å²) in [7, 11) is 14.2. The standard InChI is InChI=1S/C15H34N4/c1-13(2)12-18(7,8)15(17(13)6)16(5)11-14(3,4)19(15,9)10/h11-12H2,1-10H3/q+2. The highest BCUT2D eigenvalue weighted by atomic mass is 15.9. The van der Waals surface area contributed by atoms with Gasteiger partial charge in [0.1, 0.15) is 12.1 Å². The predicted molar refractivity (Wildman–Crippen MR) is 80.4 cm³/mol. The molecule has 2 fully saturated rings. The van der Waals surface area contributed by atoms with Crippen molar-refractivity contribution in [2.24, 2.45) is 0 Å². The number of quaternary nitrogens is 2. The second-order valence-corrected chi connectivity index (χ2v) is 8.94. The molecule has 4 heteroatoms. The first-order chi connectivity index (χ1) is 8.24. The van der Waals surface area contributed by atoms with Gasteiger partial charge >= 0.3 is 5.91 Å². The van der Waals surface area contributed by atoms with E-state index in [1.54, 1.807) is 0 Å². The molecule has 2 rings (SSSR count). The van der Waals surface area contributed by atoms with E-state index in [-0.39, 0.29) is 17.0 Å². The third-order valence-corrected chi connectivity index (χ3v) is 6.35. The Morgan fingerprint density at radius 2 is 1.37 bits per heavy atom. The minimum Gasteiger partial charge on any atom is -0.246 e. The van der Waals surface area contributed by atoms with E-state index >= 15 is 0 Å². The van der Waals surface area contributed by atoms with Gasteiger partial charge in [0.2, 0.25) is 0 Å². The molecule has 0 saturated carbocycles. The van der Waals surface area contributed by atoms with E-state index in [4.69, 9.17) is 0 Å². The summed E-state index contributed by atoms with van der Waals surface area (Å²) in [4.78, 5) is 5.20. The predicted octanol–water partition coefficient (Wildman–Crippen LogP) is 1.20. The van der Waals surface area contributed by atoms with Crippen molar-refractivity contribution in [3.05, 3.63) is 0 Å². The lowest BCUT2D eigenvalue weighted by Gasteiger charge is -2.55. The Bertz CT molecular complexity index is 397. The van der Waals surface area contributed by atoms with Gasteiger partial charge in [-0.2, -0.15) is 9.80 Å². The van der Waals surface area contributed by atoms with Crippen molar-refractivity contribution in [1.29, 1.82) is 0 Å². The Hall–Kier alpha value is -0.160. The monoisotopic (exact) mass is 270 g/mol. The number of nitrogens with zero attached hydrogens (tertiary/aromatic N) is 4. The lowest BCUT2D eigenvalue weighted by Crippen LogP contribution is -2.80. The van der Waals surface area contributed by atoms with Crippen molar-refractivity contribution >= 4 is 0 Å². The summed E-state index contributed by atoms with van der Waals surface area (Å²) in [6.07, 6.45) is 0. The average molecular weight is 270 g/mol. The number of likely N-dealkylation sites (N-methyl/N-ethyl adjacent to an activating group) is 4. The number of rotatable bonds is 0. The van der Waals surface area contributed by atoms with Crippen LogP contribution in [0.4, 0.5) is 0 Å². The quantitative estimate of drug-likeness (QED) is 0.610. The van der Waals surface area contributed by atoms with E-state index in [0.717, 1.165) is 15.5 Å². The van der Waals surface area contributed by atoms with Gasteiger partial charge < -0.3 is 0 Å². The Kier molecular flexibility index (Phi) is 2.83. The molecule has 0 N–H and O–H groups in total. The van der Waals surface area contributed by atoms with Crippen molar-refractivity contribution in [2.45, 2.75) is 44.7 Å². The van der Waals surface area contributed by atoms with Gasteiger partial charge in [0.05, 0.1) is 40.3 Å². The minimum absolute atomic E-state index is 0.00694. The van der Waals surface area contributed by atoms with Gasteiger partial charge in [0.15, 0.2) is 0 Å². The van der Waals surface area contributed by atoms with Crippen LogP contribution in [0.1, 0.15) is 27.7 Å². The van der Waals surface area contributed by atoms with Crippen LogP contribution in [-0.2, 0) is 0 Å². The topological polar surface area (TPSA) is 6.48 Å².